The van der Waals surface area contributed by atoms with E-state index in [0.717, 1.165) is 6.92 Å². The van der Waals surface area contributed by atoms with Gasteiger partial charge in [-0.1, -0.05) is 0 Å². The second kappa shape index (κ2) is 12.0. The molecule has 204 valence electrons. The molecule has 3 fully saturated rings. The van der Waals surface area contributed by atoms with Crippen LogP contribution in [0.25, 0.3) is 0 Å². The minimum atomic E-state index is -1.81. The van der Waals surface area contributed by atoms with Crippen LogP contribution in [0, 0.1) is 0 Å². The number of rotatable bonds is 7. The van der Waals surface area contributed by atoms with E-state index >= 15 is 0 Å². The molecule has 1 amide bonds. The summed E-state index contributed by atoms with van der Waals surface area (Å²) < 4.78 is 28.0. The van der Waals surface area contributed by atoms with Crippen molar-refractivity contribution in [1.82, 2.24) is 5.32 Å². The fourth-order valence-electron chi connectivity index (χ4n) is 4.34. The van der Waals surface area contributed by atoms with Gasteiger partial charge in [-0.15, -0.1) is 0 Å². The van der Waals surface area contributed by atoms with Crippen molar-refractivity contribution in [3.8, 4) is 0 Å². The Balaban J connectivity index is 1.90. The summed E-state index contributed by atoms with van der Waals surface area (Å²) in [6, 6.07) is -1.35. The van der Waals surface area contributed by atoms with E-state index in [2.05, 4.69) is 5.32 Å². The summed E-state index contributed by atoms with van der Waals surface area (Å²) in [5.74, 6) is -0.605. The first-order chi connectivity index (χ1) is 16.5. The Labute approximate surface area is 200 Å². The van der Waals surface area contributed by atoms with Gasteiger partial charge in [0.1, 0.15) is 54.9 Å². The third-order valence-corrected chi connectivity index (χ3v) is 6.33. The van der Waals surface area contributed by atoms with Crippen molar-refractivity contribution in [1.29, 1.82) is 0 Å². The molecule has 3 aliphatic heterocycles. The summed E-state index contributed by atoms with van der Waals surface area (Å²) in [7, 11) is 0. The molecule has 14 atom stereocenters. The molecule has 3 rings (SSSR count). The summed E-state index contributed by atoms with van der Waals surface area (Å²) >= 11 is 0. The van der Waals surface area contributed by atoms with Crippen molar-refractivity contribution >= 4 is 5.91 Å². The van der Waals surface area contributed by atoms with Gasteiger partial charge in [0.05, 0.1) is 25.4 Å². The Kier molecular flexibility index (Phi) is 9.78. The maximum Gasteiger partial charge on any atom is 0.217 e. The molecule has 3 aliphatic rings. The minimum absolute atomic E-state index is 0.0841. The van der Waals surface area contributed by atoms with E-state index in [4.69, 9.17) is 23.7 Å². The Hall–Kier alpha value is -1.05. The predicted molar refractivity (Wildman–Crippen MR) is 110 cm³/mol. The molecule has 3 heterocycles. The van der Waals surface area contributed by atoms with E-state index < -0.39 is 105 Å². The highest BCUT2D eigenvalue weighted by molar-refractivity contribution is 5.73. The molecule has 0 aromatic carbocycles. The van der Waals surface area contributed by atoms with Gasteiger partial charge in [0, 0.05) is 13.3 Å². The van der Waals surface area contributed by atoms with E-state index in [1.165, 1.54) is 0 Å². The van der Waals surface area contributed by atoms with Crippen molar-refractivity contribution < 1.29 is 69.3 Å². The van der Waals surface area contributed by atoms with Crippen molar-refractivity contribution in [3.05, 3.63) is 0 Å². The predicted octanol–water partition coefficient (Wildman–Crippen LogP) is -5.37. The zero-order valence-electron chi connectivity index (χ0n) is 19.2. The van der Waals surface area contributed by atoms with Gasteiger partial charge in [0.15, 0.2) is 18.9 Å². The monoisotopic (exact) mass is 513 g/mol. The van der Waals surface area contributed by atoms with Crippen LogP contribution in [0.4, 0.5) is 0 Å². The molecule has 3 saturated heterocycles. The first kappa shape index (κ1) is 28.5. The highest BCUT2D eigenvalue weighted by Gasteiger charge is 2.53. The third-order valence-electron chi connectivity index (χ3n) is 6.33. The second-order valence-corrected chi connectivity index (χ2v) is 8.95. The average molecular weight is 513 g/mol. The van der Waals surface area contributed by atoms with Crippen LogP contribution in [0.5, 0.6) is 0 Å². The van der Waals surface area contributed by atoms with Crippen LogP contribution in [0.3, 0.4) is 0 Å². The number of carbonyl (C=O) groups excluding carboxylic acids is 1. The SMILES string of the molecule is CC(=O)N[C@@H]1[C@@H](O[C@@H]2O[C@H](CO)[C@H](O)[C@H](O)[C@H]2O)[C@H](O[C@@H]2O[C@@H](C)[C@@H](O)C[C@@H]2O)[C@@H](CO)O[C@H]1O. The molecule has 0 radical (unpaired) electrons. The van der Waals surface area contributed by atoms with Gasteiger partial charge in [0.2, 0.25) is 5.91 Å². The number of carbonyl (C=O) groups is 1. The van der Waals surface area contributed by atoms with Gasteiger partial charge in [-0.2, -0.15) is 0 Å². The van der Waals surface area contributed by atoms with Crippen LogP contribution < -0.4 is 5.32 Å². The highest BCUT2D eigenvalue weighted by Crippen LogP contribution is 2.32. The van der Waals surface area contributed by atoms with Gasteiger partial charge in [0.25, 0.3) is 0 Å². The van der Waals surface area contributed by atoms with Crippen molar-refractivity contribution in [2.75, 3.05) is 13.2 Å². The molecule has 0 aliphatic carbocycles. The van der Waals surface area contributed by atoms with Crippen LogP contribution in [0.2, 0.25) is 0 Å². The van der Waals surface area contributed by atoms with E-state index in [1.54, 1.807) is 6.92 Å². The van der Waals surface area contributed by atoms with E-state index in [-0.39, 0.29) is 6.42 Å². The normalized spacial score (nSPS) is 49.0. The van der Waals surface area contributed by atoms with Crippen LogP contribution in [-0.4, -0.2) is 146 Å². The first-order valence-electron chi connectivity index (χ1n) is 11.3. The zero-order chi connectivity index (χ0) is 26.0. The van der Waals surface area contributed by atoms with Crippen molar-refractivity contribution in [2.45, 2.75) is 106 Å². The Morgan fingerprint density at radius 2 is 1.46 bits per heavy atom. The minimum Gasteiger partial charge on any atom is -0.394 e. The zero-order valence-corrected chi connectivity index (χ0v) is 19.2. The molecular formula is C20H35NO14. The number of amides is 1. The quantitative estimate of drug-likeness (QED) is 0.155. The molecule has 15 nitrogen and oxygen atoms in total. The summed E-state index contributed by atoms with van der Waals surface area (Å²) in [6.45, 7) is 1.28. The van der Waals surface area contributed by atoms with Gasteiger partial charge < -0.3 is 69.9 Å². The standard InChI is InChI=1S/C20H35NO14/c1-6-8(25)3-9(26)19(31-6)34-16-11(5-23)32-18(30)12(21-7(2)24)17(16)35-20-15(29)14(28)13(27)10(4-22)33-20/h6,8-20,22-23,25-30H,3-5H2,1-2H3,(H,21,24)/t6-,8-,9-,10+,11+,12+,13-,14-,15+,16+,17+,18+,19-,20-/m0/s1. The fraction of sp³-hybridized carbons (Fsp3) is 0.950. The number of ether oxygens (including phenoxy) is 5. The van der Waals surface area contributed by atoms with Gasteiger partial charge >= 0.3 is 0 Å². The Morgan fingerprint density at radius 1 is 0.829 bits per heavy atom. The molecule has 0 aromatic heterocycles. The van der Waals surface area contributed by atoms with Crippen molar-refractivity contribution in [3.63, 3.8) is 0 Å². The molecule has 35 heavy (non-hydrogen) atoms. The first-order valence-corrected chi connectivity index (χ1v) is 11.3. The summed E-state index contributed by atoms with van der Waals surface area (Å²) in [5, 5.41) is 83.1. The number of hydrogen-bond acceptors (Lipinski definition) is 14. The van der Waals surface area contributed by atoms with E-state index in [1.807, 2.05) is 0 Å². The molecule has 0 bridgehead atoms. The average Bonchev–Trinajstić information content (AvgIpc) is 2.80. The summed E-state index contributed by atoms with van der Waals surface area (Å²) in [4.78, 5) is 11.8. The second-order valence-electron chi connectivity index (χ2n) is 8.95. The Morgan fingerprint density at radius 3 is 2.06 bits per heavy atom. The summed E-state index contributed by atoms with van der Waals surface area (Å²) in [6.07, 6.45) is -18.4. The molecular weight excluding hydrogens is 478 g/mol. The number of hydrogen-bond donors (Lipinski definition) is 9. The molecule has 0 aromatic rings. The van der Waals surface area contributed by atoms with Crippen LogP contribution in [-0.2, 0) is 28.5 Å². The molecule has 0 unspecified atom stereocenters. The lowest BCUT2D eigenvalue weighted by Gasteiger charge is -2.49. The lowest BCUT2D eigenvalue weighted by molar-refractivity contribution is -0.365. The van der Waals surface area contributed by atoms with Crippen LogP contribution in [0.1, 0.15) is 20.3 Å². The molecule has 0 spiro atoms. The molecule has 0 saturated carbocycles. The van der Waals surface area contributed by atoms with Crippen LogP contribution in [0.15, 0.2) is 0 Å². The summed E-state index contributed by atoms with van der Waals surface area (Å²) in [5.41, 5.74) is 0. The van der Waals surface area contributed by atoms with Crippen LogP contribution >= 0.6 is 0 Å². The molecule has 15 heteroatoms. The lowest BCUT2D eigenvalue weighted by Crippen LogP contribution is -2.69. The Bertz CT molecular complexity index is 699. The maximum atomic E-state index is 11.8. The van der Waals surface area contributed by atoms with Gasteiger partial charge in [-0.25, -0.2) is 0 Å². The molecule has 9 N–H and O–H groups in total. The number of aliphatic hydroxyl groups is 8. The van der Waals surface area contributed by atoms with Gasteiger partial charge in [-0.3, -0.25) is 4.79 Å². The lowest BCUT2D eigenvalue weighted by atomic mass is 9.94. The topological polar surface area (TPSA) is 237 Å². The van der Waals surface area contributed by atoms with E-state index in [0.29, 0.717) is 0 Å². The fourth-order valence-corrected chi connectivity index (χ4v) is 4.34. The number of nitrogens with one attached hydrogen (secondary N) is 1. The number of aliphatic hydroxyl groups excluding tert-OH is 8. The third kappa shape index (κ3) is 6.27. The smallest absolute Gasteiger partial charge is 0.217 e. The van der Waals surface area contributed by atoms with E-state index in [9.17, 15) is 45.6 Å². The van der Waals surface area contributed by atoms with Gasteiger partial charge in [-0.05, 0) is 6.92 Å². The highest BCUT2D eigenvalue weighted by atomic mass is 16.7. The van der Waals surface area contributed by atoms with Crippen molar-refractivity contribution in [2.24, 2.45) is 0 Å². The largest absolute Gasteiger partial charge is 0.394 e. The maximum absolute atomic E-state index is 11.8.